The molecule has 4 heteroatoms. The standard InChI is InChI=1S/C22H29NO3/c1-16-6-3-9-19(14-16)26-21-11-5-10-20(22(21)24)23-13-12-17-7-4-8-18(15-17)25-2/h3-4,6-9,14-15,20-24H,5,10-13H2,1-2H3/t20-,21+,22+/m0/s1. The number of benzene rings is 2. The Morgan fingerprint density at radius 3 is 2.69 bits per heavy atom. The largest absolute Gasteiger partial charge is 0.497 e. The summed E-state index contributed by atoms with van der Waals surface area (Å²) in [6.45, 7) is 2.87. The summed E-state index contributed by atoms with van der Waals surface area (Å²) in [6, 6.07) is 16.2. The van der Waals surface area contributed by atoms with Crippen LogP contribution in [0.4, 0.5) is 0 Å². The van der Waals surface area contributed by atoms with Gasteiger partial charge < -0.3 is 19.9 Å². The Hall–Kier alpha value is -2.04. The second-order valence-corrected chi connectivity index (χ2v) is 7.06. The summed E-state index contributed by atoms with van der Waals surface area (Å²) < 4.78 is 11.3. The lowest BCUT2D eigenvalue weighted by Gasteiger charge is -2.35. The summed E-state index contributed by atoms with van der Waals surface area (Å²) in [4.78, 5) is 0. The van der Waals surface area contributed by atoms with E-state index in [1.165, 1.54) is 11.1 Å². The topological polar surface area (TPSA) is 50.7 Å². The molecule has 3 atom stereocenters. The fraction of sp³-hybridized carbons (Fsp3) is 0.455. The molecule has 0 amide bonds. The number of rotatable bonds is 7. The monoisotopic (exact) mass is 355 g/mol. The molecular weight excluding hydrogens is 326 g/mol. The summed E-state index contributed by atoms with van der Waals surface area (Å²) in [5.41, 5.74) is 2.40. The minimum atomic E-state index is -0.491. The molecule has 26 heavy (non-hydrogen) atoms. The van der Waals surface area contributed by atoms with Crippen molar-refractivity contribution in [1.29, 1.82) is 0 Å². The van der Waals surface area contributed by atoms with E-state index in [1.807, 2.05) is 43.3 Å². The molecule has 2 N–H and O–H groups in total. The van der Waals surface area contributed by atoms with E-state index in [4.69, 9.17) is 9.47 Å². The maximum Gasteiger partial charge on any atom is 0.126 e. The van der Waals surface area contributed by atoms with Gasteiger partial charge in [-0.15, -0.1) is 0 Å². The fourth-order valence-electron chi connectivity index (χ4n) is 3.58. The highest BCUT2D eigenvalue weighted by atomic mass is 16.5. The van der Waals surface area contributed by atoms with Gasteiger partial charge in [-0.05, 0) is 74.5 Å². The van der Waals surface area contributed by atoms with Gasteiger partial charge in [0.05, 0.1) is 7.11 Å². The number of aryl methyl sites for hydroxylation is 1. The Bertz CT molecular complexity index is 703. The van der Waals surface area contributed by atoms with Crippen LogP contribution in [0.5, 0.6) is 11.5 Å². The molecule has 140 valence electrons. The second kappa shape index (κ2) is 9.06. The molecule has 3 rings (SSSR count). The van der Waals surface area contributed by atoms with Gasteiger partial charge in [0.1, 0.15) is 23.7 Å². The lowest BCUT2D eigenvalue weighted by atomic mass is 9.89. The van der Waals surface area contributed by atoms with Crippen LogP contribution in [0.3, 0.4) is 0 Å². The van der Waals surface area contributed by atoms with Crippen LogP contribution in [0.15, 0.2) is 48.5 Å². The van der Waals surface area contributed by atoms with Crippen LogP contribution in [0, 0.1) is 6.92 Å². The third kappa shape index (κ3) is 4.99. The Morgan fingerprint density at radius 2 is 1.88 bits per heavy atom. The maximum absolute atomic E-state index is 10.7. The molecule has 4 nitrogen and oxygen atoms in total. The van der Waals surface area contributed by atoms with Crippen molar-refractivity contribution in [2.75, 3.05) is 13.7 Å². The summed E-state index contributed by atoms with van der Waals surface area (Å²) >= 11 is 0. The number of nitrogens with one attached hydrogen (secondary N) is 1. The van der Waals surface area contributed by atoms with Gasteiger partial charge in [-0.2, -0.15) is 0 Å². The lowest BCUT2D eigenvalue weighted by molar-refractivity contribution is -0.0151. The normalized spacial score (nSPS) is 22.8. The second-order valence-electron chi connectivity index (χ2n) is 7.06. The van der Waals surface area contributed by atoms with Crippen LogP contribution in [0.25, 0.3) is 0 Å². The molecule has 2 aromatic rings. The smallest absolute Gasteiger partial charge is 0.126 e. The molecule has 1 fully saturated rings. The first kappa shape index (κ1) is 18.7. The quantitative estimate of drug-likeness (QED) is 0.798. The minimum absolute atomic E-state index is 0.0733. The highest BCUT2D eigenvalue weighted by Gasteiger charge is 2.32. The molecule has 0 aromatic heterocycles. The van der Waals surface area contributed by atoms with Gasteiger partial charge in [-0.3, -0.25) is 0 Å². The Kier molecular flexibility index (Phi) is 6.53. The van der Waals surface area contributed by atoms with Crippen molar-refractivity contribution in [3.63, 3.8) is 0 Å². The van der Waals surface area contributed by atoms with E-state index >= 15 is 0 Å². The van der Waals surface area contributed by atoms with Gasteiger partial charge in [0.15, 0.2) is 0 Å². The van der Waals surface area contributed by atoms with E-state index in [0.717, 1.165) is 43.7 Å². The van der Waals surface area contributed by atoms with Gasteiger partial charge in [0.25, 0.3) is 0 Å². The molecule has 0 saturated heterocycles. The van der Waals surface area contributed by atoms with Crippen molar-refractivity contribution in [2.45, 2.75) is 50.9 Å². The number of aliphatic hydroxyl groups excluding tert-OH is 1. The van der Waals surface area contributed by atoms with Crippen molar-refractivity contribution < 1.29 is 14.6 Å². The third-order valence-corrected chi connectivity index (χ3v) is 5.03. The van der Waals surface area contributed by atoms with Crippen molar-refractivity contribution >= 4 is 0 Å². The van der Waals surface area contributed by atoms with Gasteiger partial charge >= 0.3 is 0 Å². The molecule has 0 spiro atoms. The zero-order chi connectivity index (χ0) is 18.4. The molecule has 0 unspecified atom stereocenters. The molecule has 1 saturated carbocycles. The first-order valence-electron chi connectivity index (χ1n) is 9.43. The number of hydrogen-bond donors (Lipinski definition) is 2. The molecule has 1 aliphatic carbocycles. The zero-order valence-electron chi connectivity index (χ0n) is 15.7. The third-order valence-electron chi connectivity index (χ3n) is 5.03. The predicted octanol–water partition coefficient (Wildman–Crippen LogP) is 3.50. The predicted molar refractivity (Wildman–Crippen MR) is 104 cm³/mol. The van der Waals surface area contributed by atoms with Gasteiger partial charge in [0, 0.05) is 6.04 Å². The Labute approximate surface area is 156 Å². The van der Waals surface area contributed by atoms with Crippen molar-refractivity contribution in [3.05, 3.63) is 59.7 Å². The van der Waals surface area contributed by atoms with Crippen LogP contribution in [0.1, 0.15) is 30.4 Å². The van der Waals surface area contributed by atoms with E-state index < -0.39 is 6.10 Å². The summed E-state index contributed by atoms with van der Waals surface area (Å²) in [7, 11) is 1.68. The molecule has 0 radical (unpaired) electrons. The maximum atomic E-state index is 10.7. The first-order chi connectivity index (χ1) is 12.7. The summed E-state index contributed by atoms with van der Waals surface area (Å²) in [5, 5.41) is 14.2. The number of methoxy groups -OCH3 is 1. The van der Waals surface area contributed by atoms with Crippen molar-refractivity contribution in [2.24, 2.45) is 0 Å². The summed E-state index contributed by atoms with van der Waals surface area (Å²) in [6.07, 6.45) is 3.19. The molecule has 1 aliphatic rings. The molecule has 0 bridgehead atoms. The minimum Gasteiger partial charge on any atom is -0.497 e. The Balaban J connectivity index is 1.51. The van der Waals surface area contributed by atoms with Gasteiger partial charge in [0.2, 0.25) is 0 Å². The van der Waals surface area contributed by atoms with Crippen LogP contribution < -0.4 is 14.8 Å². The van der Waals surface area contributed by atoms with E-state index in [9.17, 15) is 5.11 Å². The van der Waals surface area contributed by atoms with Gasteiger partial charge in [-0.1, -0.05) is 24.3 Å². The number of hydrogen-bond acceptors (Lipinski definition) is 4. The number of aliphatic hydroxyl groups is 1. The van der Waals surface area contributed by atoms with Crippen LogP contribution in [-0.2, 0) is 6.42 Å². The first-order valence-corrected chi connectivity index (χ1v) is 9.43. The SMILES string of the molecule is COc1cccc(CCN[C@H]2CCC[C@@H](Oc3cccc(C)c3)[C@@H]2O)c1. The molecule has 2 aromatic carbocycles. The van der Waals surface area contributed by atoms with Gasteiger partial charge in [-0.25, -0.2) is 0 Å². The van der Waals surface area contributed by atoms with Crippen molar-refractivity contribution in [1.82, 2.24) is 5.32 Å². The Morgan fingerprint density at radius 1 is 1.08 bits per heavy atom. The average Bonchev–Trinajstić information content (AvgIpc) is 2.65. The highest BCUT2D eigenvalue weighted by molar-refractivity contribution is 5.29. The van der Waals surface area contributed by atoms with E-state index in [0.29, 0.717) is 0 Å². The average molecular weight is 355 g/mol. The van der Waals surface area contributed by atoms with Crippen LogP contribution in [-0.4, -0.2) is 37.0 Å². The van der Waals surface area contributed by atoms with E-state index in [1.54, 1.807) is 7.11 Å². The number of ether oxygens (including phenoxy) is 2. The lowest BCUT2D eigenvalue weighted by Crippen LogP contribution is -2.51. The zero-order valence-corrected chi connectivity index (χ0v) is 15.7. The molecular formula is C22H29NO3. The molecule has 0 heterocycles. The fourth-order valence-corrected chi connectivity index (χ4v) is 3.58. The van der Waals surface area contributed by atoms with Crippen molar-refractivity contribution in [3.8, 4) is 11.5 Å². The van der Waals surface area contributed by atoms with Crippen LogP contribution in [0.2, 0.25) is 0 Å². The van der Waals surface area contributed by atoms with E-state index in [-0.39, 0.29) is 12.1 Å². The van der Waals surface area contributed by atoms with Crippen LogP contribution >= 0.6 is 0 Å². The van der Waals surface area contributed by atoms with E-state index in [2.05, 4.69) is 17.4 Å². The highest BCUT2D eigenvalue weighted by Crippen LogP contribution is 2.25. The molecule has 0 aliphatic heterocycles. The summed E-state index contributed by atoms with van der Waals surface area (Å²) in [5.74, 6) is 1.72.